The van der Waals surface area contributed by atoms with E-state index in [1.807, 2.05) is 0 Å². The van der Waals surface area contributed by atoms with E-state index in [9.17, 15) is 0 Å². The summed E-state index contributed by atoms with van der Waals surface area (Å²) in [6, 6.07) is 2.43. The molecular formula is C10H24ClNSi. The molecule has 1 nitrogen and oxygen atoms in total. The minimum atomic E-state index is -1.57. The predicted molar refractivity (Wildman–Crippen MR) is 64.7 cm³/mol. The Hall–Kier alpha value is 0.467. The zero-order valence-electron chi connectivity index (χ0n) is 9.57. The van der Waals surface area contributed by atoms with Gasteiger partial charge < -0.3 is 4.57 Å². The van der Waals surface area contributed by atoms with Gasteiger partial charge in [0.05, 0.1) is 0 Å². The molecule has 0 spiro atoms. The van der Waals surface area contributed by atoms with Crippen molar-refractivity contribution < 1.29 is 0 Å². The molecule has 0 heterocycles. The van der Waals surface area contributed by atoms with E-state index in [4.69, 9.17) is 11.1 Å². The first-order valence-corrected chi connectivity index (χ1v) is 8.95. The van der Waals surface area contributed by atoms with E-state index in [-0.39, 0.29) is 0 Å². The highest BCUT2D eigenvalue weighted by Crippen LogP contribution is 2.26. The van der Waals surface area contributed by atoms with Crippen LogP contribution in [0.5, 0.6) is 0 Å². The van der Waals surface area contributed by atoms with Crippen LogP contribution in [0.25, 0.3) is 0 Å². The van der Waals surface area contributed by atoms with Crippen molar-refractivity contribution in [3.8, 4) is 0 Å². The van der Waals surface area contributed by atoms with Gasteiger partial charge >= 0.3 is 0 Å². The third-order valence-corrected chi connectivity index (χ3v) is 8.84. The van der Waals surface area contributed by atoms with Gasteiger partial charge in [0.1, 0.15) is 0 Å². The highest BCUT2D eigenvalue weighted by atomic mass is 35.6. The van der Waals surface area contributed by atoms with Crippen molar-refractivity contribution in [1.29, 1.82) is 0 Å². The second-order valence-corrected chi connectivity index (χ2v) is 9.33. The summed E-state index contributed by atoms with van der Waals surface area (Å²) in [6.07, 6.45) is 2.56. The van der Waals surface area contributed by atoms with Crippen LogP contribution in [-0.2, 0) is 0 Å². The average molecular weight is 222 g/mol. The van der Waals surface area contributed by atoms with Gasteiger partial charge in [0, 0.05) is 0 Å². The predicted octanol–water partition coefficient (Wildman–Crippen LogP) is 3.83. The highest BCUT2D eigenvalue weighted by molar-refractivity contribution is 7.18. The van der Waals surface area contributed by atoms with Crippen molar-refractivity contribution in [3.63, 3.8) is 0 Å². The Morgan fingerprint density at radius 1 is 1.08 bits per heavy atom. The summed E-state index contributed by atoms with van der Waals surface area (Å²) in [4.78, 5) is 0. The first-order chi connectivity index (χ1) is 6.14. The van der Waals surface area contributed by atoms with Crippen molar-refractivity contribution in [2.75, 3.05) is 13.1 Å². The van der Waals surface area contributed by atoms with Crippen molar-refractivity contribution in [2.45, 2.75) is 52.6 Å². The smallest absolute Gasteiger partial charge is 0.228 e. The molecule has 0 bridgehead atoms. The van der Waals surface area contributed by atoms with Crippen LogP contribution in [0, 0.1) is 0 Å². The number of nitrogens with zero attached hydrogens (tertiary/aromatic N) is 1. The summed E-state index contributed by atoms with van der Waals surface area (Å²) in [5.74, 6) is 0. The van der Waals surface area contributed by atoms with Crippen LogP contribution in [0.2, 0.25) is 12.1 Å². The summed E-state index contributed by atoms with van der Waals surface area (Å²) in [5, 5.41) is 0. The van der Waals surface area contributed by atoms with Gasteiger partial charge in [-0.05, 0) is 25.2 Å². The lowest BCUT2D eigenvalue weighted by atomic mass is 10.4. The Balaban J connectivity index is 4.21. The third kappa shape index (κ3) is 4.01. The van der Waals surface area contributed by atoms with Gasteiger partial charge in [-0.25, -0.2) is 0 Å². The molecular weight excluding hydrogens is 198 g/mol. The molecule has 0 amide bonds. The van der Waals surface area contributed by atoms with E-state index in [0.29, 0.717) is 0 Å². The first-order valence-electron chi connectivity index (χ1n) is 5.58. The van der Waals surface area contributed by atoms with E-state index in [1.54, 1.807) is 0 Å². The molecule has 0 aliphatic carbocycles. The van der Waals surface area contributed by atoms with E-state index in [0.717, 1.165) is 13.1 Å². The van der Waals surface area contributed by atoms with Crippen molar-refractivity contribution in [2.24, 2.45) is 0 Å². The quantitative estimate of drug-likeness (QED) is 0.467. The molecule has 0 saturated heterocycles. The maximum atomic E-state index is 6.73. The summed E-state index contributed by atoms with van der Waals surface area (Å²) < 4.78 is 2.50. The van der Waals surface area contributed by atoms with Crippen LogP contribution >= 0.6 is 11.1 Å². The molecule has 0 aromatic heterocycles. The minimum absolute atomic E-state index is 1.11. The normalized spacial score (nSPS) is 16.2. The summed E-state index contributed by atoms with van der Waals surface area (Å²) >= 11 is 6.73. The lowest BCUT2D eigenvalue weighted by molar-refractivity contribution is 0.467. The standard InChI is InChI=1S/C10H24ClNSi/c1-5-9-10-13(11,8-4)12(6-2)7-3/h5-10H2,1-4H3. The van der Waals surface area contributed by atoms with E-state index >= 15 is 0 Å². The van der Waals surface area contributed by atoms with Gasteiger partial charge in [-0.2, -0.15) is 0 Å². The molecule has 0 aliphatic heterocycles. The molecule has 0 N–H and O–H groups in total. The number of rotatable bonds is 7. The topological polar surface area (TPSA) is 3.24 Å². The van der Waals surface area contributed by atoms with E-state index in [1.165, 1.54) is 24.9 Å². The average Bonchev–Trinajstić information content (AvgIpc) is 2.16. The maximum Gasteiger partial charge on any atom is 0.228 e. The number of hydrogen-bond donors (Lipinski definition) is 0. The molecule has 0 aromatic rings. The fourth-order valence-corrected chi connectivity index (χ4v) is 6.06. The molecule has 1 atom stereocenters. The van der Waals surface area contributed by atoms with Crippen LogP contribution in [0.4, 0.5) is 0 Å². The van der Waals surface area contributed by atoms with Crippen molar-refractivity contribution >= 4 is 18.6 Å². The fraction of sp³-hybridized carbons (Fsp3) is 1.00. The second-order valence-electron chi connectivity index (χ2n) is 3.55. The lowest BCUT2D eigenvalue weighted by Crippen LogP contribution is -2.48. The molecule has 0 aromatic carbocycles. The largest absolute Gasteiger partial charge is 0.312 e. The SMILES string of the molecule is CCCC[Si](Cl)(CC)N(CC)CC. The van der Waals surface area contributed by atoms with Gasteiger partial charge in [-0.15, -0.1) is 11.1 Å². The summed E-state index contributed by atoms with van der Waals surface area (Å²) in [7, 11) is -1.57. The first kappa shape index (κ1) is 13.5. The number of unbranched alkanes of at least 4 members (excludes halogenated alkanes) is 1. The molecule has 0 rings (SSSR count). The minimum Gasteiger partial charge on any atom is -0.312 e. The Morgan fingerprint density at radius 3 is 1.92 bits per heavy atom. The molecule has 13 heavy (non-hydrogen) atoms. The van der Waals surface area contributed by atoms with Crippen LogP contribution < -0.4 is 0 Å². The molecule has 1 unspecified atom stereocenters. The summed E-state index contributed by atoms with van der Waals surface area (Å²) in [5.41, 5.74) is 0. The van der Waals surface area contributed by atoms with Crippen LogP contribution in [-0.4, -0.2) is 25.2 Å². The van der Waals surface area contributed by atoms with E-state index < -0.39 is 7.55 Å². The van der Waals surface area contributed by atoms with Crippen LogP contribution in [0.15, 0.2) is 0 Å². The van der Waals surface area contributed by atoms with Crippen molar-refractivity contribution in [3.05, 3.63) is 0 Å². The molecule has 0 saturated carbocycles. The number of halogens is 1. The lowest BCUT2D eigenvalue weighted by Gasteiger charge is -2.35. The van der Waals surface area contributed by atoms with Crippen molar-refractivity contribution in [1.82, 2.24) is 4.57 Å². The third-order valence-electron chi connectivity index (χ3n) is 2.79. The summed E-state index contributed by atoms with van der Waals surface area (Å²) in [6.45, 7) is 11.1. The van der Waals surface area contributed by atoms with Gasteiger partial charge in [0.15, 0.2) is 0 Å². The molecule has 3 heteroatoms. The van der Waals surface area contributed by atoms with Crippen LogP contribution in [0.1, 0.15) is 40.5 Å². The molecule has 0 aliphatic rings. The monoisotopic (exact) mass is 221 g/mol. The molecule has 80 valence electrons. The Kier molecular flexibility index (Phi) is 7.10. The zero-order valence-corrected chi connectivity index (χ0v) is 11.3. The number of hydrogen-bond acceptors (Lipinski definition) is 1. The van der Waals surface area contributed by atoms with Gasteiger partial charge in [0.2, 0.25) is 7.55 Å². The molecule has 0 radical (unpaired) electrons. The van der Waals surface area contributed by atoms with Gasteiger partial charge in [-0.3, -0.25) is 0 Å². The second kappa shape index (κ2) is 6.85. The Bertz CT molecular complexity index is 128. The fourth-order valence-electron chi connectivity index (χ4n) is 1.80. The van der Waals surface area contributed by atoms with Gasteiger partial charge in [0.25, 0.3) is 0 Å². The van der Waals surface area contributed by atoms with E-state index in [2.05, 4.69) is 32.3 Å². The zero-order chi connectivity index (χ0) is 10.3. The molecule has 0 fully saturated rings. The van der Waals surface area contributed by atoms with Gasteiger partial charge in [-0.1, -0.05) is 40.5 Å². The van der Waals surface area contributed by atoms with Crippen LogP contribution in [0.3, 0.4) is 0 Å². The maximum absolute atomic E-state index is 6.73. The highest BCUT2D eigenvalue weighted by Gasteiger charge is 2.33. The Labute approximate surface area is 89.3 Å². The Morgan fingerprint density at radius 2 is 1.62 bits per heavy atom.